The molecular formula is C21H24ClNO6. The number of benzene rings is 2. The van der Waals surface area contributed by atoms with Crippen LogP contribution in [0.3, 0.4) is 0 Å². The van der Waals surface area contributed by atoms with Crippen molar-refractivity contribution in [2.24, 2.45) is 0 Å². The molecule has 0 unspecified atom stereocenters. The summed E-state index contributed by atoms with van der Waals surface area (Å²) in [6.45, 7) is 1.18. The Bertz CT molecular complexity index is 1070. The first kappa shape index (κ1) is 22.4. The molecule has 0 bridgehead atoms. The van der Waals surface area contributed by atoms with E-state index in [0.29, 0.717) is 12.2 Å². The summed E-state index contributed by atoms with van der Waals surface area (Å²) in [5.41, 5.74) is 0.208. The number of halogens is 1. The molecule has 1 aromatic heterocycles. The number of nitrogens with zero attached hydrogens (tertiary/aromatic N) is 1. The van der Waals surface area contributed by atoms with Crippen molar-refractivity contribution in [1.82, 2.24) is 0 Å². The van der Waals surface area contributed by atoms with Gasteiger partial charge < -0.3 is 41.4 Å². The molecule has 7 nitrogen and oxygen atoms in total. The molecule has 29 heavy (non-hydrogen) atoms. The number of quaternary nitrogens is 1. The van der Waals surface area contributed by atoms with Gasteiger partial charge in [-0.2, -0.15) is 0 Å². The van der Waals surface area contributed by atoms with E-state index in [4.69, 9.17) is 9.15 Å². The van der Waals surface area contributed by atoms with Crippen LogP contribution in [0.5, 0.6) is 23.0 Å². The van der Waals surface area contributed by atoms with Crippen molar-refractivity contribution in [2.75, 3.05) is 34.3 Å². The van der Waals surface area contributed by atoms with E-state index in [2.05, 4.69) is 21.1 Å². The molecule has 0 spiro atoms. The van der Waals surface area contributed by atoms with E-state index >= 15 is 0 Å². The maximum Gasteiger partial charge on any atom is 0.235 e. The number of fused-ring (bicyclic) bond motifs is 1. The highest BCUT2D eigenvalue weighted by Crippen LogP contribution is 2.36. The monoisotopic (exact) mass is 421 g/mol. The first-order valence-electron chi connectivity index (χ1n) is 8.91. The Morgan fingerprint density at radius 2 is 1.72 bits per heavy atom. The van der Waals surface area contributed by atoms with Crippen LogP contribution in [0.4, 0.5) is 0 Å². The molecule has 0 saturated carbocycles. The largest absolute Gasteiger partial charge is 1.00 e. The predicted octanol–water partition coefficient (Wildman–Crippen LogP) is 0.0559. The molecule has 3 N–H and O–H groups in total. The van der Waals surface area contributed by atoms with Crippen LogP contribution in [0.25, 0.3) is 22.3 Å². The van der Waals surface area contributed by atoms with Crippen molar-refractivity contribution in [3.63, 3.8) is 0 Å². The summed E-state index contributed by atoms with van der Waals surface area (Å²) >= 11 is 0. The van der Waals surface area contributed by atoms with Gasteiger partial charge in [-0.05, 0) is 30.3 Å². The Balaban J connectivity index is 0.00000300. The van der Waals surface area contributed by atoms with E-state index in [0.717, 1.165) is 17.4 Å². The Hall–Kier alpha value is -2.90. The van der Waals surface area contributed by atoms with Crippen molar-refractivity contribution >= 4 is 11.0 Å². The van der Waals surface area contributed by atoms with Crippen molar-refractivity contribution < 1.29 is 41.4 Å². The summed E-state index contributed by atoms with van der Waals surface area (Å²) in [6, 6.07) is 8.35. The van der Waals surface area contributed by atoms with Gasteiger partial charge in [0.2, 0.25) is 11.2 Å². The molecule has 0 fully saturated rings. The Kier molecular flexibility index (Phi) is 6.66. The minimum absolute atomic E-state index is 0. The van der Waals surface area contributed by atoms with E-state index < -0.39 is 0 Å². The van der Waals surface area contributed by atoms with E-state index in [9.17, 15) is 20.1 Å². The van der Waals surface area contributed by atoms with Gasteiger partial charge in [0.05, 0.1) is 39.7 Å². The quantitative estimate of drug-likeness (QED) is 0.295. The third kappa shape index (κ3) is 5.13. The average molecular weight is 422 g/mol. The van der Waals surface area contributed by atoms with E-state index in [1.54, 1.807) is 0 Å². The summed E-state index contributed by atoms with van der Waals surface area (Å²) in [5.74, 6) is -0.498. The lowest BCUT2D eigenvalue weighted by Gasteiger charge is -2.23. The van der Waals surface area contributed by atoms with Gasteiger partial charge in [-0.15, -0.1) is 0 Å². The highest BCUT2D eigenvalue weighted by atomic mass is 35.5. The molecule has 1 heterocycles. The number of aromatic hydroxyl groups is 3. The molecular weight excluding hydrogens is 398 g/mol. The number of rotatable bonds is 6. The van der Waals surface area contributed by atoms with Crippen LogP contribution in [0, 0.1) is 0 Å². The van der Waals surface area contributed by atoms with Gasteiger partial charge in [-0.25, -0.2) is 0 Å². The molecule has 0 saturated heterocycles. The van der Waals surface area contributed by atoms with E-state index in [1.807, 2.05) is 0 Å². The predicted molar refractivity (Wildman–Crippen MR) is 106 cm³/mol. The van der Waals surface area contributed by atoms with Crippen LogP contribution >= 0.6 is 0 Å². The van der Waals surface area contributed by atoms with Gasteiger partial charge in [0, 0.05) is 18.1 Å². The first-order valence-corrected chi connectivity index (χ1v) is 8.91. The normalized spacial score (nSPS) is 11.3. The SMILES string of the molecule is C[N+](C)(C)CCCOc1c(-c2ccc(O)c(O)c2)oc2cc(O)ccc2c1=O.[Cl-]. The fourth-order valence-corrected chi connectivity index (χ4v) is 2.86. The average Bonchev–Trinajstić information content (AvgIpc) is 2.61. The van der Waals surface area contributed by atoms with Crippen molar-refractivity contribution in [1.29, 1.82) is 0 Å². The lowest BCUT2D eigenvalue weighted by molar-refractivity contribution is -0.870. The highest BCUT2D eigenvalue weighted by molar-refractivity contribution is 5.83. The summed E-state index contributed by atoms with van der Waals surface area (Å²) in [7, 11) is 6.21. The van der Waals surface area contributed by atoms with E-state index in [-0.39, 0.29) is 57.6 Å². The zero-order valence-corrected chi connectivity index (χ0v) is 17.2. The molecule has 0 aliphatic rings. The summed E-state index contributed by atoms with van der Waals surface area (Å²) in [4.78, 5) is 13.0. The molecule has 0 aliphatic heterocycles. The second kappa shape index (κ2) is 8.63. The third-order valence-electron chi connectivity index (χ3n) is 4.29. The standard InChI is InChI=1S/C21H23NO6.ClH/c1-22(2,3)9-4-10-27-21-19(26)15-7-6-14(23)12-18(15)28-20(21)13-5-8-16(24)17(25)11-13;/h5-8,11-12H,4,9-10H2,1-3H3,(H2-,23,24,25,26);1H. The number of hydrogen-bond donors (Lipinski definition) is 3. The minimum atomic E-state index is -0.367. The van der Waals surface area contributed by atoms with Gasteiger partial charge in [-0.1, -0.05) is 0 Å². The molecule has 8 heteroatoms. The molecule has 156 valence electrons. The second-order valence-corrected chi connectivity index (χ2v) is 7.69. The second-order valence-electron chi connectivity index (χ2n) is 7.69. The van der Waals surface area contributed by atoms with Crippen LogP contribution < -0.4 is 22.6 Å². The van der Waals surface area contributed by atoms with Crippen LogP contribution in [0.2, 0.25) is 0 Å². The lowest BCUT2D eigenvalue weighted by Crippen LogP contribution is -3.00. The fourth-order valence-electron chi connectivity index (χ4n) is 2.86. The lowest BCUT2D eigenvalue weighted by atomic mass is 10.1. The zero-order valence-electron chi connectivity index (χ0n) is 16.5. The van der Waals surface area contributed by atoms with Crippen LogP contribution in [0.1, 0.15) is 6.42 Å². The topological polar surface area (TPSA) is 100 Å². The number of phenolic OH excluding ortho intramolecular Hbond substituents is 3. The molecule has 3 rings (SSSR count). The zero-order chi connectivity index (χ0) is 20.5. The first-order chi connectivity index (χ1) is 13.2. The molecule has 0 radical (unpaired) electrons. The van der Waals surface area contributed by atoms with Crippen LogP contribution in [0.15, 0.2) is 45.6 Å². The maximum atomic E-state index is 13.0. The molecule has 0 atom stereocenters. The third-order valence-corrected chi connectivity index (χ3v) is 4.29. The van der Waals surface area contributed by atoms with Crippen molar-refractivity contribution in [3.05, 3.63) is 46.6 Å². The number of hydrogen-bond acceptors (Lipinski definition) is 6. The molecule has 0 amide bonds. The van der Waals surface area contributed by atoms with Gasteiger partial charge in [0.15, 0.2) is 17.3 Å². The fraction of sp³-hybridized carbons (Fsp3) is 0.286. The molecule has 2 aromatic carbocycles. The van der Waals surface area contributed by atoms with Crippen molar-refractivity contribution in [3.8, 4) is 34.3 Å². The van der Waals surface area contributed by atoms with Gasteiger partial charge in [0.25, 0.3) is 0 Å². The number of phenols is 3. The van der Waals surface area contributed by atoms with Crippen LogP contribution in [-0.4, -0.2) is 54.1 Å². The van der Waals surface area contributed by atoms with Gasteiger partial charge in [0.1, 0.15) is 11.3 Å². The smallest absolute Gasteiger partial charge is 0.235 e. The van der Waals surface area contributed by atoms with Crippen LogP contribution in [-0.2, 0) is 0 Å². The minimum Gasteiger partial charge on any atom is -1.00 e. The molecule has 0 aliphatic carbocycles. The summed E-state index contributed by atoms with van der Waals surface area (Å²) < 4.78 is 12.4. The maximum absolute atomic E-state index is 13.0. The summed E-state index contributed by atoms with van der Waals surface area (Å²) in [5, 5.41) is 29.4. The van der Waals surface area contributed by atoms with Crippen molar-refractivity contribution in [2.45, 2.75) is 6.42 Å². The Morgan fingerprint density at radius 3 is 2.38 bits per heavy atom. The van der Waals surface area contributed by atoms with Gasteiger partial charge in [-0.3, -0.25) is 4.79 Å². The highest BCUT2D eigenvalue weighted by Gasteiger charge is 2.19. The van der Waals surface area contributed by atoms with Gasteiger partial charge >= 0.3 is 0 Å². The Labute approximate surface area is 174 Å². The van der Waals surface area contributed by atoms with E-state index in [1.165, 1.54) is 36.4 Å². The molecule has 3 aromatic rings. The summed E-state index contributed by atoms with van der Waals surface area (Å²) in [6.07, 6.45) is 0.733. The number of ether oxygens (including phenoxy) is 1. The Morgan fingerprint density at radius 1 is 1.00 bits per heavy atom.